The molecule has 4 fully saturated rings. The Morgan fingerprint density at radius 3 is 0.618 bits per heavy atom. The van der Waals surface area contributed by atoms with E-state index in [4.69, 9.17) is 18.9 Å². The van der Waals surface area contributed by atoms with Gasteiger partial charge < -0.3 is 18.9 Å². The second-order valence-corrected chi connectivity index (χ2v) is 15.8. The second kappa shape index (κ2) is 23.8. The Bertz CT molecular complexity index is 2060. The van der Waals surface area contributed by atoms with Crippen molar-refractivity contribution in [1.29, 1.82) is 0 Å². The number of hydrogen-bond donors (Lipinski definition) is 4. The summed E-state index contributed by atoms with van der Waals surface area (Å²) in [7, 11) is 6.12. The lowest BCUT2D eigenvalue weighted by Gasteiger charge is -2.21. The molecule has 360 valence electrons. The van der Waals surface area contributed by atoms with E-state index in [9.17, 15) is 38.4 Å². The first-order chi connectivity index (χ1) is 32.4. The molecule has 4 heterocycles. The maximum atomic E-state index is 11.5. The van der Waals surface area contributed by atoms with Gasteiger partial charge in [0, 0.05) is 28.2 Å². The molecule has 20 heteroatoms. The van der Waals surface area contributed by atoms with Crippen molar-refractivity contribution in [1.82, 2.24) is 40.9 Å². The number of benzene rings is 4. The largest absolute Gasteiger partial charge is 0.341 e. The van der Waals surface area contributed by atoms with Gasteiger partial charge in [-0.05, 0) is 49.9 Å². The molecule has 0 spiro atoms. The van der Waals surface area contributed by atoms with E-state index < -0.39 is 72.7 Å². The van der Waals surface area contributed by atoms with Crippen LogP contribution in [-0.2, 0) is 38.1 Å². The zero-order valence-corrected chi connectivity index (χ0v) is 38.9. The zero-order chi connectivity index (χ0) is 49.7. The maximum absolute atomic E-state index is 11.5. The first-order valence-electron chi connectivity index (χ1n) is 21.5. The van der Waals surface area contributed by atoms with Crippen molar-refractivity contribution >= 4 is 47.8 Å². The van der Waals surface area contributed by atoms with E-state index in [1.54, 1.807) is 0 Å². The van der Waals surface area contributed by atoms with E-state index in [0.29, 0.717) is 0 Å². The van der Waals surface area contributed by atoms with E-state index in [0.717, 1.165) is 22.3 Å². The fourth-order valence-electron chi connectivity index (χ4n) is 6.75. The minimum absolute atomic E-state index is 0.250. The summed E-state index contributed by atoms with van der Waals surface area (Å²) in [6, 6.07) is 36.5. The Balaban J connectivity index is 0.000000169. The number of likely N-dealkylation sites (N-methyl/N-ethyl adjacent to an activating group) is 4. The van der Waals surface area contributed by atoms with Crippen molar-refractivity contribution in [2.45, 2.75) is 77.0 Å². The predicted octanol–water partition coefficient (Wildman–Crippen LogP) is 5.09. The topological polar surface area (TPSA) is 235 Å². The quantitative estimate of drug-likeness (QED) is 0.136. The van der Waals surface area contributed by atoms with Crippen molar-refractivity contribution in [3.8, 4) is 0 Å². The summed E-state index contributed by atoms with van der Waals surface area (Å²) in [5.41, 5.74) is 3.86. The van der Waals surface area contributed by atoms with Crippen LogP contribution < -0.4 is 21.3 Å². The lowest BCUT2D eigenvalue weighted by atomic mass is 10.1. The van der Waals surface area contributed by atoms with Gasteiger partial charge in [-0.1, -0.05) is 121 Å². The first kappa shape index (κ1) is 51.5. The average Bonchev–Trinajstić information content (AvgIpc) is 3.93. The molecule has 4 aromatic rings. The van der Waals surface area contributed by atoms with Crippen molar-refractivity contribution in [3.63, 3.8) is 0 Å². The summed E-state index contributed by atoms with van der Waals surface area (Å²) < 4.78 is 22.3. The SMILES string of the molecule is C[C@@H](O[C@@H]1C(=O)NC(=O)N1C)c1ccccc1.C[C@@H](O[C@H]1C(=O)NC(=O)N1C)c1ccccc1.C[C@H](O[C@@H]1C(=O)NC(=O)N1C)c1ccccc1.C[C@H](O[C@H]1C(=O)NC(=O)N1C)c1ccccc1. The number of hydrogen-bond acceptors (Lipinski definition) is 12. The zero-order valence-electron chi connectivity index (χ0n) is 38.9. The number of nitrogens with zero attached hydrogens (tertiary/aromatic N) is 4. The van der Waals surface area contributed by atoms with Crippen LogP contribution in [0.1, 0.15) is 74.4 Å². The van der Waals surface area contributed by atoms with Crippen LogP contribution in [0, 0.1) is 0 Å². The monoisotopic (exact) mass is 936 g/mol. The van der Waals surface area contributed by atoms with Crippen LogP contribution in [0.15, 0.2) is 121 Å². The minimum Gasteiger partial charge on any atom is -0.341 e. The molecular formula is C48H56N8O12. The smallest absolute Gasteiger partial charge is 0.326 e. The summed E-state index contributed by atoms with van der Waals surface area (Å²) in [6.45, 7) is 7.39. The summed E-state index contributed by atoms with van der Waals surface area (Å²) in [5, 5.41) is 8.79. The average molecular weight is 937 g/mol. The van der Waals surface area contributed by atoms with Gasteiger partial charge in [0.1, 0.15) is 0 Å². The van der Waals surface area contributed by atoms with Gasteiger partial charge >= 0.3 is 24.1 Å². The van der Waals surface area contributed by atoms with Gasteiger partial charge in [-0.15, -0.1) is 0 Å². The Hall–Kier alpha value is -7.52. The molecule has 12 amide bonds. The maximum Gasteiger partial charge on any atom is 0.326 e. The molecule has 0 saturated carbocycles. The number of carbonyl (C=O) groups is 8. The van der Waals surface area contributed by atoms with Crippen LogP contribution in [-0.4, -0.2) is 120 Å². The third-order valence-corrected chi connectivity index (χ3v) is 10.9. The fourth-order valence-corrected chi connectivity index (χ4v) is 6.75. The molecule has 0 radical (unpaired) electrons. The molecular weight excluding hydrogens is 881 g/mol. The molecule has 0 bridgehead atoms. The number of carbonyl (C=O) groups excluding carboxylic acids is 8. The molecule has 8 atom stereocenters. The van der Waals surface area contributed by atoms with Gasteiger partial charge in [-0.3, -0.25) is 60.0 Å². The molecule has 68 heavy (non-hydrogen) atoms. The molecule has 0 unspecified atom stereocenters. The molecule has 4 aromatic carbocycles. The highest BCUT2D eigenvalue weighted by Gasteiger charge is 2.40. The molecule has 0 aromatic heterocycles. The van der Waals surface area contributed by atoms with Crippen LogP contribution >= 0.6 is 0 Å². The van der Waals surface area contributed by atoms with E-state index in [1.807, 2.05) is 149 Å². The Morgan fingerprint density at radius 2 is 0.485 bits per heavy atom. The highest BCUT2D eigenvalue weighted by Crippen LogP contribution is 2.24. The normalized spacial score (nSPS) is 21.5. The van der Waals surface area contributed by atoms with Crippen LogP contribution in [0.4, 0.5) is 19.2 Å². The third-order valence-electron chi connectivity index (χ3n) is 10.9. The third kappa shape index (κ3) is 13.3. The Kier molecular flexibility index (Phi) is 18.0. The number of rotatable bonds is 12. The van der Waals surface area contributed by atoms with Crippen molar-refractivity contribution in [2.24, 2.45) is 0 Å². The van der Waals surface area contributed by atoms with Crippen molar-refractivity contribution < 1.29 is 57.3 Å². The molecule has 4 N–H and O–H groups in total. The minimum atomic E-state index is -0.849. The number of amides is 12. The summed E-state index contributed by atoms with van der Waals surface area (Å²) >= 11 is 0. The Morgan fingerprint density at radius 1 is 0.324 bits per heavy atom. The van der Waals surface area contributed by atoms with Crippen LogP contribution in [0.2, 0.25) is 0 Å². The number of ether oxygens (including phenoxy) is 4. The van der Waals surface area contributed by atoms with Crippen LogP contribution in [0.25, 0.3) is 0 Å². The predicted molar refractivity (Wildman–Crippen MR) is 244 cm³/mol. The number of imide groups is 4. The molecule has 8 rings (SSSR count). The van der Waals surface area contributed by atoms with Crippen molar-refractivity contribution in [3.05, 3.63) is 144 Å². The van der Waals surface area contributed by atoms with Gasteiger partial charge in [0.25, 0.3) is 23.6 Å². The highest BCUT2D eigenvalue weighted by atomic mass is 16.5. The molecule has 0 aliphatic carbocycles. The molecule has 4 saturated heterocycles. The van der Waals surface area contributed by atoms with E-state index in [1.165, 1.54) is 47.8 Å². The van der Waals surface area contributed by atoms with Crippen molar-refractivity contribution in [2.75, 3.05) is 28.2 Å². The van der Waals surface area contributed by atoms with E-state index in [-0.39, 0.29) is 24.4 Å². The van der Waals surface area contributed by atoms with E-state index >= 15 is 0 Å². The fraction of sp³-hybridized carbons (Fsp3) is 0.333. The first-order valence-corrected chi connectivity index (χ1v) is 21.5. The van der Waals surface area contributed by atoms with Gasteiger partial charge in [-0.25, -0.2) is 19.2 Å². The van der Waals surface area contributed by atoms with E-state index in [2.05, 4.69) is 21.3 Å². The van der Waals surface area contributed by atoms with Gasteiger partial charge in [0.05, 0.1) is 24.4 Å². The Labute approximate surface area is 393 Å². The lowest BCUT2D eigenvalue weighted by Crippen LogP contribution is -2.34. The standard InChI is InChI=1S/4C12H14N2O3/c4*1-8(9-6-4-3-5-7-9)17-11-10(15)13-12(16)14(11)2/h4*3-8,11H,1-2H3,(H,13,15,16)/t2*8-,11+;2*8-,11-/m1010/s1. The molecule has 20 nitrogen and oxygen atoms in total. The highest BCUT2D eigenvalue weighted by molar-refractivity contribution is 6.04. The number of nitrogens with one attached hydrogen (secondary N) is 4. The van der Waals surface area contributed by atoms with Crippen LogP contribution in [0.3, 0.4) is 0 Å². The van der Waals surface area contributed by atoms with Gasteiger partial charge in [-0.2, -0.15) is 0 Å². The molecule has 4 aliphatic rings. The lowest BCUT2D eigenvalue weighted by molar-refractivity contribution is -0.140. The second-order valence-electron chi connectivity index (χ2n) is 15.8. The number of urea groups is 4. The summed E-state index contributed by atoms with van der Waals surface area (Å²) in [6.07, 6.45) is -4.40. The van der Waals surface area contributed by atoms with Gasteiger partial charge in [0.15, 0.2) is 0 Å². The summed E-state index contributed by atoms with van der Waals surface area (Å²) in [4.78, 5) is 95.8. The summed E-state index contributed by atoms with van der Waals surface area (Å²) in [5.74, 6) is -1.67. The van der Waals surface area contributed by atoms with Gasteiger partial charge in [0.2, 0.25) is 24.9 Å². The molecule has 4 aliphatic heterocycles. The van der Waals surface area contributed by atoms with Crippen LogP contribution in [0.5, 0.6) is 0 Å².